The van der Waals surface area contributed by atoms with E-state index in [2.05, 4.69) is 33.0 Å². The molecule has 4 rings (SSSR count). The van der Waals surface area contributed by atoms with Gasteiger partial charge in [0.1, 0.15) is 5.75 Å². The van der Waals surface area contributed by atoms with Crippen LogP contribution in [0.15, 0.2) is 66.7 Å². The molecule has 2 aromatic carbocycles. The summed E-state index contributed by atoms with van der Waals surface area (Å²) in [5, 5.41) is 14.1. The molecule has 0 spiro atoms. The zero-order chi connectivity index (χ0) is 23.9. The zero-order valence-corrected chi connectivity index (χ0v) is 19.7. The van der Waals surface area contributed by atoms with Crippen molar-refractivity contribution >= 4 is 23.2 Å². The second-order valence-corrected chi connectivity index (χ2v) is 8.02. The molecular formula is C26H30N6O2. The molecule has 1 amide bonds. The van der Waals surface area contributed by atoms with Gasteiger partial charge in [-0.15, -0.1) is 5.10 Å². The quantitative estimate of drug-likeness (QED) is 0.329. The molecule has 0 radical (unpaired) electrons. The third-order valence-corrected chi connectivity index (χ3v) is 5.70. The molecule has 0 bridgehead atoms. The molecule has 0 aliphatic carbocycles. The lowest BCUT2D eigenvalue weighted by Gasteiger charge is -2.16. The van der Waals surface area contributed by atoms with Crippen molar-refractivity contribution in [2.45, 2.75) is 25.8 Å². The van der Waals surface area contributed by atoms with E-state index in [9.17, 15) is 4.79 Å². The molecular weight excluding hydrogens is 428 g/mol. The number of ether oxygens (including phenoxy) is 1. The molecule has 4 aromatic rings. The zero-order valence-electron chi connectivity index (χ0n) is 19.7. The van der Waals surface area contributed by atoms with Crippen molar-refractivity contribution in [2.75, 3.05) is 26.0 Å². The van der Waals surface area contributed by atoms with Crippen molar-refractivity contribution in [2.24, 2.45) is 0 Å². The van der Waals surface area contributed by atoms with Crippen LogP contribution in [-0.4, -0.2) is 47.2 Å². The lowest BCUT2D eigenvalue weighted by molar-refractivity contribution is 0.0934. The van der Waals surface area contributed by atoms with Crippen molar-refractivity contribution in [3.8, 4) is 17.0 Å². The molecule has 176 valence electrons. The smallest absolute Gasteiger partial charge is 0.251 e. The van der Waals surface area contributed by atoms with Gasteiger partial charge in [0, 0.05) is 22.9 Å². The highest BCUT2D eigenvalue weighted by molar-refractivity contribution is 5.94. The van der Waals surface area contributed by atoms with Gasteiger partial charge in [-0.05, 0) is 75.0 Å². The van der Waals surface area contributed by atoms with Crippen LogP contribution in [0.1, 0.15) is 30.1 Å². The minimum absolute atomic E-state index is 0.0664. The molecule has 3 N–H and O–H groups in total. The fourth-order valence-corrected chi connectivity index (χ4v) is 3.76. The number of hydrogen-bond acceptors (Lipinski definition) is 6. The maximum Gasteiger partial charge on any atom is 0.251 e. The summed E-state index contributed by atoms with van der Waals surface area (Å²) in [5.41, 5.74) is 4.05. The van der Waals surface area contributed by atoms with E-state index in [0.717, 1.165) is 47.7 Å². The number of nitrogens with zero attached hydrogens (tertiary/aromatic N) is 3. The molecule has 2 heterocycles. The van der Waals surface area contributed by atoms with E-state index in [4.69, 9.17) is 4.74 Å². The predicted molar refractivity (Wildman–Crippen MR) is 135 cm³/mol. The summed E-state index contributed by atoms with van der Waals surface area (Å²) in [6.07, 6.45) is 1.79. The average molecular weight is 459 g/mol. The molecule has 2 aromatic heterocycles. The van der Waals surface area contributed by atoms with E-state index >= 15 is 0 Å². The van der Waals surface area contributed by atoms with Gasteiger partial charge in [0.05, 0.1) is 12.8 Å². The Morgan fingerprint density at radius 1 is 1.09 bits per heavy atom. The summed E-state index contributed by atoms with van der Waals surface area (Å²) >= 11 is 0. The maximum atomic E-state index is 12.6. The molecule has 1 atom stereocenters. The first-order valence-electron chi connectivity index (χ1n) is 11.4. The number of aromatic nitrogens is 3. The number of benzene rings is 2. The molecule has 0 fully saturated rings. The van der Waals surface area contributed by atoms with Crippen molar-refractivity contribution in [1.82, 2.24) is 25.2 Å². The van der Waals surface area contributed by atoms with Crippen LogP contribution in [0.25, 0.3) is 16.9 Å². The standard InChI is InChI=1S/C26H30N6O2/c1-4-20(15-16-27-2)28-25(33)18-11-13-21(14-12-18)29-26-30-24-10-6-9-23(32(24)31-26)19-7-5-8-22(17-19)34-3/h5-14,17,20,27H,4,15-16H2,1-3H3,(H,28,33)(H,29,31). The van der Waals surface area contributed by atoms with Crippen molar-refractivity contribution < 1.29 is 9.53 Å². The van der Waals surface area contributed by atoms with Crippen LogP contribution >= 0.6 is 0 Å². The highest BCUT2D eigenvalue weighted by Gasteiger charge is 2.13. The number of rotatable bonds is 10. The van der Waals surface area contributed by atoms with Crippen LogP contribution in [-0.2, 0) is 0 Å². The molecule has 0 aliphatic rings. The van der Waals surface area contributed by atoms with E-state index < -0.39 is 0 Å². The van der Waals surface area contributed by atoms with E-state index in [1.807, 2.05) is 61.6 Å². The summed E-state index contributed by atoms with van der Waals surface area (Å²) in [4.78, 5) is 17.2. The number of amides is 1. The third-order valence-electron chi connectivity index (χ3n) is 5.70. The van der Waals surface area contributed by atoms with Crippen LogP contribution < -0.4 is 20.7 Å². The van der Waals surface area contributed by atoms with Crippen LogP contribution in [0.2, 0.25) is 0 Å². The number of nitrogens with one attached hydrogen (secondary N) is 3. The van der Waals surface area contributed by atoms with Gasteiger partial charge in [-0.2, -0.15) is 4.98 Å². The SMILES string of the molecule is CCC(CCNC)NC(=O)c1ccc(Nc2nc3cccc(-c4cccc(OC)c4)n3n2)cc1. The van der Waals surface area contributed by atoms with Crippen LogP contribution in [0.4, 0.5) is 11.6 Å². The highest BCUT2D eigenvalue weighted by atomic mass is 16.5. The molecule has 0 aliphatic heterocycles. The molecule has 0 saturated heterocycles. The second kappa shape index (κ2) is 10.8. The lowest BCUT2D eigenvalue weighted by atomic mass is 10.1. The number of methoxy groups -OCH3 is 1. The van der Waals surface area contributed by atoms with Crippen molar-refractivity contribution in [1.29, 1.82) is 0 Å². The normalized spacial score (nSPS) is 11.9. The summed E-state index contributed by atoms with van der Waals surface area (Å²) in [6, 6.07) is 21.2. The number of carbonyl (C=O) groups is 1. The molecule has 1 unspecified atom stereocenters. The minimum Gasteiger partial charge on any atom is -0.497 e. The van der Waals surface area contributed by atoms with Crippen molar-refractivity contribution in [3.05, 3.63) is 72.3 Å². The van der Waals surface area contributed by atoms with Gasteiger partial charge < -0.3 is 20.7 Å². The van der Waals surface area contributed by atoms with Gasteiger partial charge in [0.25, 0.3) is 5.91 Å². The number of pyridine rings is 1. The summed E-state index contributed by atoms with van der Waals surface area (Å²) in [5.74, 6) is 1.19. The van der Waals surface area contributed by atoms with Crippen LogP contribution in [0, 0.1) is 0 Å². The monoisotopic (exact) mass is 458 g/mol. The maximum absolute atomic E-state index is 12.6. The third kappa shape index (κ3) is 5.35. The van der Waals surface area contributed by atoms with Gasteiger partial charge in [0.15, 0.2) is 5.65 Å². The van der Waals surface area contributed by atoms with E-state index in [0.29, 0.717) is 11.5 Å². The Balaban J connectivity index is 1.49. The van der Waals surface area contributed by atoms with Crippen LogP contribution in [0.3, 0.4) is 0 Å². The molecule has 8 nitrogen and oxygen atoms in total. The first-order valence-corrected chi connectivity index (χ1v) is 11.4. The van der Waals surface area contributed by atoms with E-state index in [1.165, 1.54) is 0 Å². The van der Waals surface area contributed by atoms with E-state index in [1.54, 1.807) is 23.8 Å². The van der Waals surface area contributed by atoms with Gasteiger partial charge in [0.2, 0.25) is 5.95 Å². The molecule has 8 heteroatoms. The Kier molecular flexibility index (Phi) is 7.39. The number of hydrogen-bond donors (Lipinski definition) is 3. The van der Waals surface area contributed by atoms with Gasteiger partial charge >= 0.3 is 0 Å². The number of anilines is 2. The molecule has 0 saturated carbocycles. The largest absolute Gasteiger partial charge is 0.497 e. The fourth-order valence-electron chi connectivity index (χ4n) is 3.76. The number of carbonyl (C=O) groups excluding carboxylic acids is 1. The van der Waals surface area contributed by atoms with Crippen molar-refractivity contribution in [3.63, 3.8) is 0 Å². The average Bonchev–Trinajstić information content (AvgIpc) is 3.29. The Bertz CT molecular complexity index is 1250. The van der Waals surface area contributed by atoms with Crippen LogP contribution in [0.5, 0.6) is 5.75 Å². The topological polar surface area (TPSA) is 92.6 Å². The summed E-state index contributed by atoms with van der Waals surface area (Å²) in [7, 11) is 3.57. The number of fused-ring (bicyclic) bond motifs is 1. The Morgan fingerprint density at radius 2 is 1.88 bits per heavy atom. The van der Waals surface area contributed by atoms with Gasteiger partial charge in [-0.3, -0.25) is 4.79 Å². The fraction of sp³-hybridized carbons (Fsp3) is 0.269. The summed E-state index contributed by atoms with van der Waals surface area (Å²) in [6.45, 7) is 2.95. The Morgan fingerprint density at radius 3 is 2.62 bits per heavy atom. The van der Waals surface area contributed by atoms with E-state index in [-0.39, 0.29) is 11.9 Å². The van der Waals surface area contributed by atoms with Gasteiger partial charge in [-0.1, -0.05) is 25.1 Å². The second-order valence-electron chi connectivity index (χ2n) is 8.02. The summed E-state index contributed by atoms with van der Waals surface area (Å²) < 4.78 is 7.16. The lowest BCUT2D eigenvalue weighted by Crippen LogP contribution is -2.36. The highest BCUT2D eigenvalue weighted by Crippen LogP contribution is 2.25. The first-order chi connectivity index (χ1) is 16.6. The molecule has 34 heavy (non-hydrogen) atoms. The Labute approximate surface area is 199 Å². The Hall–Kier alpha value is -3.91. The van der Waals surface area contributed by atoms with Gasteiger partial charge in [-0.25, -0.2) is 4.52 Å². The predicted octanol–water partition coefficient (Wildman–Crippen LogP) is 4.27. The minimum atomic E-state index is -0.0664. The first kappa shape index (κ1) is 23.3.